The number of hydrogen-bond acceptors (Lipinski definition) is 3. The van der Waals surface area contributed by atoms with Crippen LogP contribution in [0.25, 0.3) is 0 Å². The maximum Gasteiger partial charge on any atom is 0.319 e. The number of carbonyl (C=O) groups excluding carboxylic acids is 1. The lowest BCUT2D eigenvalue weighted by molar-refractivity contribution is 0.250. The monoisotopic (exact) mass is 365 g/mol. The van der Waals surface area contributed by atoms with Crippen molar-refractivity contribution in [3.63, 3.8) is 0 Å². The lowest BCUT2D eigenvalue weighted by atomic mass is 10.2. The predicted octanol–water partition coefficient (Wildman–Crippen LogP) is 3.02. The van der Waals surface area contributed by atoms with E-state index in [9.17, 15) is 4.79 Å². The number of rotatable bonds is 7. The van der Waals surface area contributed by atoms with Gasteiger partial charge in [0, 0.05) is 36.6 Å². The fourth-order valence-electron chi connectivity index (χ4n) is 1.91. The Morgan fingerprint density at radius 1 is 1.20 bits per heavy atom. The minimum absolute atomic E-state index is 0.110. The summed E-state index contributed by atoms with van der Waals surface area (Å²) in [7, 11) is 1.77. The molecule has 0 fully saturated rings. The molecule has 2 amide bonds. The number of nitrogens with zero attached hydrogens (tertiary/aromatic N) is 1. The van der Waals surface area contributed by atoms with Gasteiger partial charge in [-0.25, -0.2) is 4.79 Å². The summed E-state index contributed by atoms with van der Waals surface area (Å²) < 4.78 is 0.154. The zero-order chi connectivity index (χ0) is 18.9. The van der Waals surface area contributed by atoms with Crippen molar-refractivity contribution in [2.45, 2.75) is 45.0 Å². The van der Waals surface area contributed by atoms with Gasteiger partial charge in [0.2, 0.25) is 0 Å². The molecule has 140 valence electrons. The van der Waals surface area contributed by atoms with Crippen LogP contribution >= 0.6 is 11.8 Å². The van der Waals surface area contributed by atoms with Crippen LogP contribution in [0.4, 0.5) is 10.5 Å². The molecule has 0 bridgehead atoms. The number of nitrogens with one attached hydrogen (secondary N) is 4. The molecule has 0 aromatic heterocycles. The zero-order valence-corrected chi connectivity index (χ0v) is 16.9. The van der Waals surface area contributed by atoms with Crippen molar-refractivity contribution in [2.24, 2.45) is 4.99 Å². The van der Waals surface area contributed by atoms with E-state index in [-0.39, 0.29) is 16.8 Å². The number of urea groups is 1. The Labute approximate surface area is 155 Å². The summed E-state index contributed by atoms with van der Waals surface area (Å²) in [4.78, 5) is 15.9. The third kappa shape index (κ3) is 8.67. The van der Waals surface area contributed by atoms with Crippen LogP contribution in [0.2, 0.25) is 0 Å². The van der Waals surface area contributed by atoms with Gasteiger partial charge in [-0.15, -0.1) is 0 Å². The van der Waals surface area contributed by atoms with Crippen molar-refractivity contribution in [1.82, 2.24) is 16.0 Å². The summed E-state index contributed by atoms with van der Waals surface area (Å²) in [5.41, 5.74) is 1.88. The van der Waals surface area contributed by atoms with Crippen LogP contribution in [0.5, 0.6) is 0 Å². The number of thioether (sulfide) groups is 1. The minimum Gasteiger partial charge on any atom is -0.355 e. The van der Waals surface area contributed by atoms with E-state index in [2.05, 4.69) is 46.4 Å². The quantitative estimate of drug-likeness (QED) is 0.442. The molecular formula is C18H31N5OS. The summed E-state index contributed by atoms with van der Waals surface area (Å²) in [5, 5.41) is 12.2. The Morgan fingerprint density at radius 3 is 2.36 bits per heavy atom. The Morgan fingerprint density at radius 2 is 1.84 bits per heavy atom. The molecule has 0 aliphatic heterocycles. The van der Waals surface area contributed by atoms with E-state index in [0.29, 0.717) is 6.54 Å². The molecule has 1 aromatic carbocycles. The van der Waals surface area contributed by atoms with Gasteiger partial charge < -0.3 is 21.3 Å². The third-order valence-corrected chi connectivity index (χ3v) is 4.80. The van der Waals surface area contributed by atoms with Crippen LogP contribution in [0.1, 0.15) is 33.3 Å². The topological polar surface area (TPSA) is 77.5 Å². The Kier molecular flexibility index (Phi) is 8.61. The highest BCUT2D eigenvalue weighted by Gasteiger charge is 2.16. The highest BCUT2D eigenvalue weighted by atomic mass is 32.2. The van der Waals surface area contributed by atoms with Gasteiger partial charge >= 0.3 is 6.03 Å². The van der Waals surface area contributed by atoms with Gasteiger partial charge in [0.1, 0.15) is 0 Å². The molecule has 1 rings (SSSR count). The Bertz CT molecular complexity index is 569. The summed E-state index contributed by atoms with van der Waals surface area (Å²) in [6.45, 7) is 9.74. The van der Waals surface area contributed by atoms with Gasteiger partial charge in [0.05, 0.1) is 0 Å². The first-order valence-corrected chi connectivity index (χ1v) is 9.64. The van der Waals surface area contributed by atoms with E-state index in [1.165, 1.54) is 0 Å². The first-order valence-electron chi connectivity index (χ1n) is 8.42. The summed E-state index contributed by atoms with van der Waals surface area (Å²) >= 11 is 1.82. The lowest BCUT2D eigenvalue weighted by Crippen LogP contribution is -2.42. The highest BCUT2D eigenvalue weighted by Crippen LogP contribution is 2.19. The van der Waals surface area contributed by atoms with Gasteiger partial charge in [-0.05, 0) is 51.6 Å². The van der Waals surface area contributed by atoms with Crippen LogP contribution in [-0.2, 0) is 6.54 Å². The molecule has 4 N–H and O–H groups in total. The van der Waals surface area contributed by atoms with Crippen LogP contribution in [0, 0.1) is 0 Å². The number of benzene rings is 1. The van der Waals surface area contributed by atoms with Crippen molar-refractivity contribution < 1.29 is 4.79 Å². The van der Waals surface area contributed by atoms with E-state index in [1.54, 1.807) is 7.05 Å². The first-order chi connectivity index (χ1) is 11.8. The number of aliphatic imine (C=N–C) groups is 1. The van der Waals surface area contributed by atoms with Gasteiger partial charge in [-0.2, -0.15) is 11.8 Å². The number of amides is 2. The molecule has 25 heavy (non-hydrogen) atoms. The minimum atomic E-state index is -0.193. The molecule has 1 aromatic rings. The Hall–Kier alpha value is -1.89. The van der Waals surface area contributed by atoms with Crippen molar-refractivity contribution in [1.29, 1.82) is 0 Å². The van der Waals surface area contributed by atoms with Crippen molar-refractivity contribution >= 4 is 29.4 Å². The lowest BCUT2D eigenvalue weighted by Gasteiger charge is -2.23. The fraction of sp³-hybridized carbons (Fsp3) is 0.556. The standard InChI is InChI=1S/C18H31N5OS/c1-13(2)22-17(24)23-15-9-7-14(8-10-15)11-20-16(19-5)21-12-18(3,4)25-6/h7-10,13H,11-12H2,1-6H3,(H2,19,20,21)(H2,22,23,24). The fourth-order valence-corrected chi connectivity index (χ4v) is 2.13. The molecule has 0 saturated heterocycles. The summed E-state index contributed by atoms with van der Waals surface area (Å²) in [6, 6.07) is 7.67. The van der Waals surface area contributed by atoms with E-state index < -0.39 is 0 Å². The molecule has 0 unspecified atom stereocenters. The molecule has 0 atom stereocenters. The molecule has 6 nitrogen and oxygen atoms in total. The van der Waals surface area contributed by atoms with Crippen molar-refractivity contribution in [2.75, 3.05) is 25.2 Å². The molecule has 7 heteroatoms. The second-order valence-corrected chi connectivity index (χ2v) is 8.21. The number of hydrogen-bond donors (Lipinski definition) is 4. The maximum atomic E-state index is 11.7. The first kappa shape index (κ1) is 21.2. The number of anilines is 1. The van der Waals surface area contributed by atoms with E-state index in [1.807, 2.05) is 49.9 Å². The molecule has 0 radical (unpaired) electrons. The van der Waals surface area contributed by atoms with Crippen LogP contribution in [0.15, 0.2) is 29.3 Å². The largest absolute Gasteiger partial charge is 0.355 e. The highest BCUT2D eigenvalue weighted by molar-refractivity contribution is 7.99. The molecular weight excluding hydrogens is 334 g/mol. The van der Waals surface area contributed by atoms with Gasteiger partial charge in [0.25, 0.3) is 0 Å². The van der Waals surface area contributed by atoms with Crippen molar-refractivity contribution in [3.8, 4) is 0 Å². The SMILES string of the molecule is CN=C(NCc1ccc(NC(=O)NC(C)C)cc1)NCC(C)(C)SC. The zero-order valence-electron chi connectivity index (χ0n) is 16.1. The second-order valence-electron chi connectivity index (χ2n) is 6.69. The third-order valence-electron chi connectivity index (χ3n) is 3.55. The van der Waals surface area contributed by atoms with Gasteiger partial charge in [-0.3, -0.25) is 4.99 Å². The number of carbonyl (C=O) groups is 1. The number of guanidine groups is 1. The molecule has 0 spiro atoms. The predicted molar refractivity (Wildman–Crippen MR) is 110 cm³/mol. The Balaban J connectivity index is 2.48. The van der Waals surface area contributed by atoms with Crippen molar-refractivity contribution in [3.05, 3.63) is 29.8 Å². The van der Waals surface area contributed by atoms with E-state index >= 15 is 0 Å². The maximum absolute atomic E-state index is 11.7. The van der Waals surface area contributed by atoms with Gasteiger partial charge in [-0.1, -0.05) is 12.1 Å². The average molecular weight is 366 g/mol. The molecule has 0 aliphatic carbocycles. The summed E-state index contributed by atoms with van der Waals surface area (Å²) in [6.07, 6.45) is 2.11. The molecule has 0 saturated carbocycles. The normalized spacial score (nSPS) is 12.0. The summed E-state index contributed by atoms with van der Waals surface area (Å²) in [5.74, 6) is 0.778. The van der Waals surface area contributed by atoms with Crippen LogP contribution in [-0.4, -0.2) is 42.6 Å². The second kappa shape index (κ2) is 10.2. The molecule has 0 heterocycles. The van der Waals surface area contributed by atoms with Crippen LogP contribution in [0.3, 0.4) is 0 Å². The van der Waals surface area contributed by atoms with E-state index in [4.69, 9.17) is 0 Å². The smallest absolute Gasteiger partial charge is 0.319 e. The van der Waals surface area contributed by atoms with Crippen LogP contribution < -0.4 is 21.3 Å². The van der Waals surface area contributed by atoms with Gasteiger partial charge in [0.15, 0.2) is 5.96 Å². The van der Waals surface area contributed by atoms with E-state index in [0.717, 1.165) is 23.8 Å². The average Bonchev–Trinajstić information content (AvgIpc) is 2.55. The molecule has 0 aliphatic rings.